The third-order valence-electron chi connectivity index (χ3n) is 3.58. The van der Waals surface area contributed by atoms with Gasteiger partial charge in [-0.1, -0.05) is 30.3 Å². The molecule has 114 valence electrons. The van der Waals surface area contributed by atoms with Crippen LogP contribution in [0.3, 0.4) is 0 Å². The molecule has 1 aromatic heterocycles. The highest BCUT2D eigenvalue weighted by Crippen LogP contribution is 2.29. The largest absolute Gasteiger partial charge is 0.370 e. The van der Waals surface area contributed by atoms with Crippen molar-refractivity contribution in [3.8, 4) is 11.1 Å². The Morgan fingerprint density at radius 2 is 1.91 bits per heavy atom. The number of nitrogens with two attached hydrogens (primary N) is 2. The van der Waals surface area contributed by atoms with Crippen LogP contribution in [-0.2, 0) is 0 Å². The van der Waals surface area contributed by atoms with Crippen LogP contribution in [-0.4, -0.2) is 16.9 Å². The predicted molar refractivity (Wildman–Crippen MR) is 92.1 cm³/mol. The van der Waals surface area contributed by atoms with Crippen LogP contribution >= 0.6 is 0 Å². The van der Waals surface area contributed by atoms with Crippen molar-refractivity contribution < 1.29 is 4.79 Å². The molecule has 3 rings (SSSR count). The molecule has 0 aliphatic rings. The molecule has 4 N–H and O–H groups in total. The van der Waals surface area contributed by atoms with Crippen molar-refractivity contribution in [2.45, 2.75) is 6.92 Å². The second kappa shape index (κ2) is 5.88. The van der Waals surface area contributed by atoms with E-state index in [9.17, 15) is 4.79 Å². The van der Waals surface area contributed by atoms with Gasteiger partial charge < -0.3 is 11.5 Å². The Morgan fingerprint density at radius 3 is 2.61 bits per heavy atom. The van der Waals surface area contributed by atoms with Crippen molar-refractivity contribution in [1.82, 2.24) is 4.98 Å². The summed E-state index contributed by atoms with van der Waals surface area (Å²) in [4.78, 5) is 20.0. The molecule has 0 spiro atoms. The molecule has 0 radical (unpaired) electrons. The van der Waals surface area contributed by atoms with E-state index in [2.05, 4.69) is 9.98 Å². The number of amides is 1. The van der Waals surface area contributed by atoms with E-state index < -0.39 is 5.91 Å². The van der Waals surface area contributed by atoms with Gasteiger partial charge in [0.15, 0.2) is 5.96 Å². The lowest BCUT2D eigenvalue weighted by atomic mass is 9.97. The van der Waals surface area contributed by atoms with Gasteiger partial charge >= 0.3 is 0 Å². The number of hydrogen-bond acceptors (Lipinski definition) is 2. The zero-order valence-electron chi connectivity index (χ0n) is 12.7. The van der Waals surface area contributed by atoms with Gasteiger partial charge in [-0.05, 0) is 41.5 Å². The Morgan fingerprint density at radius 1 is 1.09 bits per heavy atom. The van der Waals surface area contributed by atoms with Gasteiger partial charge in [-0.3, -0.25) is 9.78 Å². The number of aryl methyl sites for hydroxylation is 1. The molecule has 5 nitrogen and oxygen atoms in total. The maximum absolute atomic E-state index is 12.0. The molecule has 3 aromatic rings. The fourth-order valence-corrected chi connectivity index (χ4v) is 2.47. The molecule has 0 atom stereocenters. The minimum absolute atomic E-state index is 0.244. The predicted octanol–water partition coefficient (Wildman–Crippen LogP) is 2.62. The molecule has 23 heavy (non-hydrogen) atoms. The van der Waals surface area contributed by atoms with E-state index in [0.717, 1.165) is 27.6 Å². The van der Waals surface area contributed by atoms with E-state index in [4.69, 9.17) is 11.5 Å². The van der Waals surface area contributed by atoms with Crippen molar-refractivity contribution in [2.24, 2.45) is 16.5 Å². The lowest BCUT2D eigenvalue weighted by Crippen LogP contribution is -2.24. The number of carbonyl (C=O) groups excluding carboxylic acids is 1. The number of nitrogens with zero attached hydrogens (tertiary/aromatic N) is 2. The topological polar surface area (TPSA) is 94.4 Å². The molecule has 0 saturated carbocycles. The van der Waals surface area contributed by atoms with Gasteiger partial charge in [0, 0.05) is 23.0 Å². The quantitative estimate of drug-likeness (QED) is 0.562. The fourth-order valence-electron chi connectivity index (χ4n) is 2.47. The number of fused-ring (bicyclic) bond motifs is 1. The number of guanidine groups is 1. The molecule has 1 amide bonds. The molecular formula is C18H16N4O. The Hall–Kier alpha value is -3.21. The van der Waals surface area contributed by atoms with Gasteiger partial charge in [0.2, 0.25) is 0 Å². The summed E-state index contributed by atoms with van der Waals surface area (Å²) in [7, 11) is 0. The first-order chi connectivity index (χ1) is 11.0. The fraction of sp³-hybridized carbons (Fsp3) is 0.0556. The minimum Gasteiger partial charge on any atom is -0.370 e. The second-order valence-electron chi connectivity index (χ2n) is 5.27. The smallest absolute Gasteiger partial charge is 0.280 e. The highest BCUT2D eigenvalue weighted by Gasteiger charge is 2.09. The Bertz CT molecular complexity index is 910. The Balaban J connectivity index is 2.17. The number of aliphatic imine (C=N–C) groups is 1. The number of benzene rings is 2. The van der Waals surface area contributed by atoms with Crippen LogP contribution in [0.15, 0.2) is 59.7 Å². The van der Waals surface area contributed by atoms with Crippen LogP contribution in [0.25, 0.3) is 21.9 Å². The van der Waals surface area contributed by atoms with E-state index in [1.54, 1.807) is 12.1 Å². The summed E-state index contributed by atoms with van der Waals surface area (Å²) in [6.07, 6.45) is 1.83. The van der Waals surface area contributed by atoms with Gasteiger partial charge in [-0.2, -0.15) is 4.99 Å². The molecular weight excluding hydrogens is 288 g/mol. The average molecular weight is 304 g/mol. The summed E-state index contributed by atoms with van der Waals surface area (Å²) in [5.74, 6) is -0.699. The van der Waals surface area contributed by atoms with E-state index in [-0.39, 0.29) is 5.96 Å². The SMILES string of the molecule is Cc1ccc(-c2cccc3ccc(C(=O)N=C(N)N)cc23)cn1. The maximum atomic E-state index is 12.0. The molecule has 0 fully saturated rings. The molecule has 2 aromatic carbocycles. The summed E-state index contributed by atoms with van der Waals surface area (Å²) < 4.78 is 0. The molecule has 0 aliphatic heterocycles. The van der Waals surface area contributed by atoms with Gasteiger partial charge in [-0.15, -0.1) is 0 Å². The molecule has 0 saturated heterocycles. The summed E-state index contributed by atoms with van der Waals surface area (Å²) >= 11 is 0. The monoisotopic (exact) mass is 304 g/mol. The first kappa shape index (κ1) is 14.7. The van der Waals surface area contributed by atoms with Crippen molar-refractivity contribution in [3.63, 3.8) is 0 Å². The average Bonchev–Trinajstić information content (AvgIpc) is 2.54. The lowest BCUT2D eigenvalue weighted by Gasteiger charge is -2.08. The van der Waals surface area contributed by atoms with Crippen molar-refractivity contribution in [1.29, 1.82) is 0 Å². The molecule has 5 heteroatoms. The van der Waals surface area contributed by atoms with Crippen LogP contribution in [0.4, 0.5) is 0 Å². The van der Waals surface area contributed by atoms with Crippen molar-refractivity contribution in [2.75, 3.05) is 0 Å². The van der Waals surface area contributed by atoms with E-state index >= 15 is 0 Å². The van der Waals surface area contributed by atoms with E-state index in [0.29, 0.717) is 5.56 Å². The van der Waals surface area contributed by atoms with Crippen LogP contribution < -0.4 is 11.5 Å². The van der Waals surface area contributed by atoms with Crippen LogP contribution in [0.2, 0.25) is 0 Å². The standard InChI is InChI=1S/C18H16N4O/c1-11-5-6-14(10-21-11)15-4-2-3-12-7-8-13(9-16(12)15)17(23)22-18(19)20/h2-10H,1H3,(H4,19,20,22,23). The Labute approximate surface area is 133 Å². The maximum Gasteiger partial charge on any atom is 0.280 e. The lowest BCUT2D eigenvalue weighted by molar-refractivity contribution is 0.100. The van der Waals surface area contributed by atoms with E-state index in [1.807, 2.05) is 49.5 Å². The zero-order valence-corrected chi connectivity index (χ0v) is 12.7. The number of carbonyl (C=O) groups is 1. The number of aromatic nitrogens is 1. The molecule has 1 heterocycles. The molecule has 0 aliphatic carbocycles. The number of rotatable bonds is 2. The van der Waals surface area contributed by atoms with Crippen molar-refractivity contribution in [3.05, 3.63) is 66.0 Å². The molecule has 0 unspecified atom stereocenters. The van der Waals surface area contributed by atoms with Gasteiger partial charge in [0.25, 0.3) is 5.91 Å². The van der Waals surface area contributed by atoms with Crippen LogP contribution in [0.5, 0.6) is 0 Å². The van der Waals surface area contributed by atoms with Crippen LogP contribution in [0.1, 0.15) is 16.1 Å². The highest BCUT2D eigenvalue weighted by molar-refractivity contribution is 6.06. The number of hydrogen-bond donors (Lipinski definition) is 2. The van der Waals surface area contributed by atoms with Crippen LogP contribution in [0, 0.1) is 6.92 Å². The third-order valence-corrected chi connectivity index (χ3v) is 3.58. The summed E-state index contributed by atoms with van der Waals surface area (Å²) in [6.45, 7) is 1.94. The molecule has 0 bridgehead atoms. The summed E-state index contributed by atoms with van der Waals surface area (Å²) in [5, 5.41) is 1.99. The minimum atomic E-state index is -0.455. The first-order valence-electron chi connectivity index (χ1n) is 7.14. The normalized spacial score (nSPS) is 10.5. The first-order valence-corrected chi connectivity index (χ1v) is 7.14. The summed E-state index contributed by atoms with van der Waals surface area (Å²) in [5.41, 5.74) is 14.0. The zero-order chi connectivity index (χ0) is 16.4. The van der Waals surface area contributed by atoms with Gasteiger partial charge in [-0.25, -0.2) is 0 Å². The highest BCUT2D eigenvalue weighted by atomic mass is 16.1. The third kappa shape index (κ3) is 3.03. The number of pyridine rings is 1. The second-order valence-corrected chi connectivity index (χ2v) is 5.27. The van der Waals surface area contributed by atoms with Gasteiger partial charge in [0.05, 0.1) is 0 Å². The van der Waals surface area contributed by atoms with Gasteiger partial charge in [0.1, 0.15) is 0 Å². The Kier molecular flexibility index (Phi) is 3.76. The summed E-state index contributed by atoms with van der Waals surface area (Å²) in [6, 6.07) is 15.4. The van der Waals surface area contributed by atoms with E-state index in [1.165, 1.54) is 0 Å². The van der Waals surface area contributed by atoms with Crippen molar-refractivity contribution >= 4 is 22.6 Å².